The van der Waals surface area contributed by atoms with Crippen molar-refractivity contribution < 1.29 is 13.6 Å². The summed E-state index contributed by atoms with van der Waals surface area (Å²) in [5.74, 6) is -0.571. The molecule has 2 unspecified atom stereocenters. The lowest BCUT2D eigenvalue weighted by atomic mass is 9.68. The van der Waals surface area contributed by atoms with Gasteiger partial charge in [-0.05, 0) is 67.0 Å². The second kappa shape index (κ2) is 7.20. The molecule has 6 nitrogen and oxygen atoms in total. The summed E-state index contributed by atoms with van der Waals surface area (Å²) in [7, 11) is 0. The van der Waals surface area contributed by atoms with Gasteiger partial charge in [0.1, 0.15) is 11.6 Å². The molecule has 0 radical (unpaired) electrons. The van der Waals surface area contributed by atoms with Gasteiger partial charge in [-0.3, -0.25) is 9.48 Å². The van der Waals surface area contributed by atoms with Gasteiger partial charge in [0.25, 0.3) is 0 Å². The van der Waals surface area contributed by atoms with Crippen LogP contribution in [0.1, 0.15) is 42.9 Å². The molecule has 1 amide bonds. The zero-order chi connectivity index (χ0) is 22.7. The maximum Gasteiger partial charge on any atom is 0.249 e. The quantitative estimate of drug-likeness (QED) is 0.591. The molecule has 2 bridgehead atoms. The van der Waals surface area contributed by atoms with E-state index in [1.54, 1.807) is 18.3 Å². The minimum atomic E-state index is -0.652. The van der Waals surface area contributed by atoms with E-state index < -0.39 is 23.1 Å². The Labute approximate surface area is 189 Å². The Balaban J connectivity index is 1.19. The highest BCUT2D eigenvalue weighted by Gasteiger charge is 2.61. The molecule has 3 aromatic rings. The summed E-state index contributed by atoms with van der Waals surface area (Å²) in [4.78, 5) is 13.5. The first-order valence-corrected chi connectivity index (χ1v) is 11.1. The Morgan fingerprint density at radius 2 is 1.94 bits per heavy atom. The number of nitrogens with zero attached hydrogens (tertiary/aromatic N) is 5. The van der Waals surface area contributed by atoms with Gasteiger partial charge in [-0.1, -0.05) is 0 Å². The molecule has 1 aliphatic heterocycles. The highest BCUT2D eigenvalue weighted by atomic mass is 19.1. The number of amides is 1. The van der Waals surface area contributed by atoms with E-state index in [1.165, 1.54) is 17.1 Å². The second-order valence-corrected chi connectivity index (χ2v) is 9.55. The summed E-state index contributed by atoms with van der Waals surface area (Å²) < 4.78 is 29.4. The van der Waals surface area contributed by atoms with Crippen molar-refractivity contribution in [1.82, 2.24) is 14.8 Å². The van der Waals surface area contributed by atoms with Crippen molar-refractivity contribution in [3.05, 3.63) is 65.4 Å². The lowest BCUT2D eigenvalue weighted by Gasteiger charge is -2.40. The Morgan fingerprint density at radius 3 is 2.70 bits per heavy atom. The second-order valence-electron chi connectivity index (χ2n) is 9.55. The summed E-state index contributed by atoms with van der Waals surface area (Å²) in [6.45, 7) is 0.720. The van der Waals surface area contributed by atoms with Crippen LogP contribution in [0.4, 0.5) is 8.78 Å². The zero-order valence-corrected chi connectivity index (χ0v) is 17.8. The van der Waals surface area contributed by atoms with Crippen LogP contribution in [0.25, 0.3) is 10.9 Å². The van der Waals surface area contributed by atoms with Crippen molar-refractivity contribution in [2.75, 3.05) is 0 Å². The van der Waals surface area contributed by atoms with E-state index in [0.717, 1.165) is 42.8 Å². The number of carbonyl (C=O) groups excluding carboxylic acids is 1. The first kappa shape index (κ1) is 20.0. The summed E-state index contributed by atoms with van der Waals surface area (Å²) in [6.07, 6.45) is 6.46. The molecule has 8 heteroatoms. The largest absolute Gasteiger partial charge is 0.272 e. The third-order valence-electron chi connectivity index (χ3n) is 7.49. The van der Waals surface area contributed by atoms with Crippen molar-refractivity contribution >= 4 is 23.0 Å². The molecule has 7 rings (SSSR count). The molecule has 2 heterocycles. The van der Waals surface area contributed by atoms with Gasteiger partial charge in [-0.2, -0.15) is 15.5 Å². The normalized spacial score (nSPS) is 27.7. The van der Waals surface area contributed by atoms with E-state index in [4.69, 9.17) is 5.26 Å². The van der Waals surface area contributed by atoms with Crippen LogP contribution in [0, 0.1) is 40.2 Å². The van der Waals surface area contributed by atoms with Crippen molar-refractivity contribution in [3.8, 4) is 6.07 Å². The first-order chi connectivity index (χ1) is 15.9. The molecule has 2 aromatic carbocycles. The highest BCUT2D eigenvalue weighted by Crippen LogP contribution is 2.63. The lowest BCUT2D eigenvalue weighted by Crippen LogP contribution is -2.45. The van der Waals surface area contributed by atoms with Crippen LogP contribution in [-0.4, -0.2) is 26.9 Å². The third kappa shape index (κ3) is 3.22. The Kier molecular flexibility index (Phi) is 4.37. The van der Waals surface area contributed by atoms with Crippen LogP contribution in [0.5, 0.6) is 0 Å². The number of hydrogen-bond donors (Lipinski definition) is 0. The van der Waals surface area contributed by atoms with Crippen molar-refractivity contribution in [1.29, 1.82) is 5.26 Å². The molecule has 3 aliphatic carbocycles. The van der Waals surface area contributed by atoms with Crippen LogP contribution in [0.3, 0.4) is 0 Å². The van der Waals surface area contributed by atoms with Crippen LogP contribution in [-0.2, 0) is 11.3 Å². The summed E-state index contributed by atoms with van der Waals surface area (Å²) in [5.41, 5.74) is 1.35. The molecular formula is C25H21F2N5O. The molecule has 0 saturated heterocycles. The Bertz CT molecular complexity index is 1330. The molecule has 4 aliphatic rings. The van der Waals surface area contributed by atoms with Crippen LogP contribution >= 0.6 is 0 Å². The standard InChI is InChI=1S/C25H21F2N5O/c26-20-6-17(7-21(27)8-20)23-3-4-29-32(23)24(33)25-9-18(10-25)19(11-25)14-31-13-16-2-1-15(12-28)5-22(16)30-31/h1-2,4-8,13,18-19,23H,3,9-11,14H2. The maximum atomic E-state index is 13.8. The lowest BCUT2D eigenvalue weighted by molar-refractivity contribution is -0.148. The number of carbonyl (C=O) groups is 1. The number of hydrazone groups is 1. The molecule has 0 N–H and O–H groups in total. The van der Waals surface area contributed by atoms with Crippen molar-refractivity contribution in [2.45, 2.75) is 38.3 Å². The highest BCUT2D eigenvalue weighted by molar-refractivity contribution is 5.87. The number of fused-ring (bicyclic) bond motifs is 2. The van der Waals surface area contributed by atoms with E-state index in [9.17, 15) is 13.6 Å². The molecule has 166 valence electrons. The van der Waals surface area contributed by atoms with Crippen LogP contribution < -0.4 is 0 Å². The average molecular weight is 445 g/mol. The zero-order valence-electron chi connectivity index (χ0n) is 17.8. The predicted molar refractivity (Wildman–Crippen MR) is 117 cm³/mol. The summed E-state index contributed by atoms with van der Waals surface area (Å²) >= 11 is 0. The minimum Gasteiger partial charge on any atom is -0.272 e. The third-order valence-corrected chi connectivity index (χ3v) is 7.49. The number of rotatable bonds is 4. The van der Waals surface area contributed by atoms with E-state index in [2.05, 4.69) is 16.3 Å². The van der Waals surface area contributed by atoms with E-state index in [0.29, 0.717) is 29.4 Å². The maximum absolute atomic E-state index is 13.8. The molecular weight excluding hydrogens is 424 g/mol. The smallest absolute Gasteiger partial charge is 0.249 e. The molecule has 0 spiro atoms. The molecule has 2 atom stereocenters. The van der Waals surface area contributed by atoms with Gasteiger partial charge in [0.2, 0.25) is 5.91 Å². The van der Waals surface area contributed by atoms with E-state index in [1.807, 2.05) is 16.9 Å². The molecule has 33 heavy (non-hydrogen) atoms. The van der Waals surface area contributed by atoms with Gasteiger partial charge in [0.05, 0.1) is 28.6 Å². The Morgan fingerprint density at radius 1 is 1.15 bits per heavy atom. The predicted octanol–water partition coefficient (Wildman–Crippen LogP) is 4.56. The van der Waals surface area contributed by atoms with Gasteiger partial charge in [0.15, 0.2) is 0 Å². The molecule has 1 aromatic heterocycles. The topological polar surface area (TPSA) is 74.3 Å². The van der Waals surface area contributed by atoms with Gasteiger partial charge in [-0.25, -0.2) is 13.8 Å². The summed E-state index contributed by atoms with van der Waals surface area (Å²) in [5, 5.41) is 20.4. The fraction of sp³-hybridized carbons (Fsp3) is 0.360. The number of nitriles is 1. The van der Waals surface area contributed by atoms with Gasteiger partial charge < -0.3 is 0 Å². The molecule has 3 fully saturated rings. The van der Waals surface area contributed by atoms with Gasteiger partial charge >= 0.3 is 0 Å². The number of benzene rings is 2. The fourth-order valence-electron chi connectivity index (χ4n) is 5.96. The first-order valence-electron chi connectivity index (χ1n) is 11.1. The minimum absolute atomic E-state index is 0.0473. The number of halogens is 2. The molecule has 3 saturated carbocycles. The van der Waals surface area contributed by atoms with Gasteiger partial charge in [-0.15, -0.1) is 0 Å². The van der Waals surface area contributed by atoms with Crippen LogP contribution in [0.2, 0.25) is 0 Å². The number of hydrogen-bond acceptors (Lipinski definition) is 4. The Hall–Kier alpha value is -3.60. The SMILES string of the molecule is N#Cc1ccc2cn(CC3CC4(C(=O)N5N=CCC5c5cc(F)cc(F)c5)CC3C4)nc2c1. The summed E-state index contributed by atoms with van der Waals surface area (Å²) in [6, 6.07) is 10.5. The van der Waals surface area contributed by atoms with Crippen LogP contribution in [0.15, 0.2) is 47.7 Å². The van der Waals surface area contributed by atoms with E-state index >= 15 is 0 Å². The van der Waals surface area contributed by atoms with E-state index in [-0.39, 0.29) is 5.91 Å². The fourth-order valence-corrected chi connectivity index (χ4v) is 5.96. The van der Waals surface area contributed by atoms with Gasteiger partial charge in [0, 0.05) is 36.8 Å². The average Bonchev–Trinajstić information content (AvgIpc) is 3.53. The van der Waals surface area contributed by atoms with Crippen molar-refractivity contribution in [3.63, 3.8) is 0 Å². The monoisotopic (exact) mass is 445 g/mol. The number of aromatic nitrogens is 2. The van der Waals surface area contributed by atoms with Crippen molar-refractivity contribution in [2.24, 2.45) is 22.4 Å².